The summed E-state index contributed by atoms with van der Waals surface area (Å²) in [6.07, 6.45) is 2.08. The van der Waals surface area contributed by atoms with E-state index >= 15 is 0 Å². The molecule has 2 aromatic rings. The quantitative estimate of drug-likeness (QED) is 0.857. The van der Waals surface area contributed by atoms with E-state index in [9.17, 15) is 9.59 Å². The van der Waals surface area contributed by atoms with Crippen LogP contribution in [0.25, 0.3) is 0 Å². The topological polar surface area (TPSA) is 83.1 Å². The second-order valence-corrected chi connectivity index (χ2v) is 6.84. The van der Waals surface area contributed by atoms with Gasteiger partial charge in [-0.3, -0.25) is 13.9 Å². The predicted octanol–water partition coefficient (Wildman–Crippen LogP) is 1.14. The van der Waals surface area contributed by atoms with Crippen LogP contribution in [0.2, 0.25) is 0 Å². The van der Waals surface area contributed by atoms with Crippen LogP contribution in [0.15, 0.2) is 39.9 Å². The van der Waals surface area contributed by atoms with E-state index in [2.05, 4.69) is 16.3 Å². The molecule has 1 N–H and O–H groups in total. The fraction of sp³-hybridized carbons (Fsp3) is 0.450. The lowest BCUT2D eigenvalue weighted by Gasteiger charge is -2.35. The maximum absolute atomic E-state index is 13.0. The minimum Gasteiger partial charge on any atom is -0.356 e. The first-order valence-electron chi connectivity index (χ1n) is 9.33. The van der Waals surface area contributed by atoms with Crippen LogP contribution in [0.1, 0.15) is 30.9 Å². The van der Waals surface area contributed by atoms with Gasteiger partial charge in [-0.15, -0.1) is 0 Å². The van der Waals surface area contributed by atoms with E-state index in [0.29, 0.717) is 30.5 Å². The zero-order valence-corrected chi connectivity index (χ0v) is 15.8. The molecule has 1 saturated heterocycles. The molecule has 1 aromatic heterocycles. The fourth-order valence-electron chi connectivity index (χ4n) is 3.65. The third kappa shape index (κ3) is 3.96. The molecule has 1 aromatic carbocycles. The first-order chi connectivity index (χ1) is 13.1. The third-order valence-corrected chi connectivity index (χ3v) is 5.12. The minimum atomic E-state index is -0.311. The van der Waals surface area contributed by atoms with E-state index in [1.807, 2.05) is 19.2 Å². The highest BCUT2D eigenvalue weighted by molar-refractivity contribution is 5.41. The van der Waals surface area contributed by atoms with Crippen LogP contribution < -0.4 is 21.5 Å². The monoisotopic (exact) mass is 367 g/mol. The van der Waals surface area contributed by atoms with Gasteiger partial charge in [0.15, 0.2) is 0 Å². The normalized spacial score (nSPS) is 16.9. The summed E-state index contributed by atoms with van der Waals surface area (Å²) in [6, 6.07) is 11.3. The summed E-state index contributed by atoms with van der Waals surface area (Å²) in [6.45, 7) is 4.01. The average Bonchev–Trinajstić information content (AvgIpc) is 2.70. The van der Waals surface area contributed by atoms with Crippen molar-refractivity contribution in [3.05, 3.63) is 62.3 Å². The third-order valence-electron chi connectivity index (χ3n) is 5.12. The van der Waals surface area contributed by atoms with Gasteiger partial charge in [0.1, 0.15) is 5.82 Å². The van der Waals surface area contributed by atoms with Crippen LogP contribution >= 0.6 is 0 Å². The van der Waals surface area contributed by atoms with E-state index in [1.54, 1.807) is 29.7 Å². The smallest absolute Gasteiger partial charge is 0.332 e. The van der Waals surface area contributed by atoms with Gasteiger partial charge >= 0.3 is 5.69 Å². The molecule has 0 saturated carbocycles. The number of benzene rings is 1. The number of likely N-dealkylation sites (N-methyl/N-ethyl adjacent to an activating group) is 1. The Labute approximate surface area is 158 Å². The van der Waals surface area contributed by atoms with Crippen molar-refractivity contribution >= 4 is 5.82 Å². The summed E-state index contributed by atoms with van der Waals surface area (Å²) in [4.78, 5) is 27.6. The van der Waals surface area contributed by atoms with Crippen LogP contribution in [0, 0.1) is 11.3 Å². The van der Waals surface area contributed by atoms with Gasteiger partial charge in [-0.1, -0.05) is 12.1 Å². The predicted molar refractivity (Wildman–Crippen MR) is 105 cm³/mol. The van der Waals surface area contributed by atoms with Crippen molar-refractivity contribution in [2.24, 2.45) is 0 Å². The lowest BCUT2D eigenvalue weighted by Crippen LogP contribution is -2.48. The van der Waals surface area contributed by atoms with E-state index in [0.717, 1.165) is 31.5 Å². The Bertz CT molecular complexity index is 970. The van der Waals surface area contributed by atoms with Gasteiger partial charge in [-0.2, -0.15) is 5.26 Å². The van der Waals surface area contributed by atoms with Gasteiger partial charge in [0.2, 0.25) is 0 Å². The zero-order chi connectivity index (χ0) is 19.4. The molecule has 0 bridgehead atoms. The molecule has 0 unspecified atom stereocenters. The highest BCUT2D eigenvalue weighted by Gasteiger charge is 2.23. The van der Waals surface area contributed by atoms with E-state index in [1.165, 1.54) is 4.57 Å². The SMILES string of the molecule is CCn1c(=O)cc(N2CCC[C@@H](NC)C2)n(Cc2cccc(C#N)c2)c1=O. The highest BCUT2D eigenvalue weighted by atomic mass is 16.2. The minimum absolute atomic E-state index is 0.272. The number of piperidine rings is 1. The van der Waals surface area contributed by atoms with Crippen LogP contribution in [-0.4, -0.2) is 35.3 Å². The summed E-state index contributed by atoms with van der Waals surface area (Å²) in [5.41, 5.74) is 0.833. The van der Waals surface area contributed by atoms with Crippen molar-refractivity contribution in [2.45, 2.75) is 38.9 Å². The molecule has 1 atom stereocenters. The van der Waals surface area contributed by atoms with Gasteiger partial charge in [0, 0.05) is 31.7 Å². The summed E-state index contributed by atoms with van der Waals surface area (Å²) < 4.78 is 2.90. The van der Waals surface area contributed by atoms with Crippen LogP contribution in [0.5, 0.6) is 0 Å². The number of aromatic nitrogens is 2. The molecule has 142 valence electrons. The first kappa shape index (κ1) is 18.9. The van der Waals surface area contributed by atoms with Gasteiger partial charge in [-0.05, 0) is 44.5 Å². The molecule has 7 nitrogen and oxygen atoms in total. The molecule has 2 heterocycles. The Morgan fingerprint density at radius 2 is 2.07 bits per heavy atom. The maximum Gasteiger partial charge on any atom is 0.332 e. The lowest BCUT2D eigenvalue weighted by atomic mass is 10.1. The first-order valence-corrected chi connectivity index (χ1v) is 9.33. The van der Waals surface area contributed by atoms with Crippen LogP contribution in [0.4, 0.5) is 5.82 Å². The molecule has 0 spiro atoms. The molecule has 1 aliphatic rings. The van der Waals surface area contributed by atoms with Crippen LogP contribution in [0.3, 0.4) is 0 Å². The van der Waals surface area contributed by atoms with Gasteiger partial charge < -0.3 is 10.2 Å². The molecule has 1 aliphatic heterocycles. The highest BCUT2D eigenvalue weighted by Crippen LogP contribution is 2.19. The second kappa shape index (κ2) is 8.23. The number of nitrogens with zero attached hydrogens (tertiary/aromatic N) is 4. The molecular formula is C20H25N5O2. The van der Waals surface area contributed by atoms with Crippen molar-refractivity contribution < 1.29 is 0 Å². The van der Waals surface area contributed by atoms with E-state index < -0.39 is 0 Å². The number of hydrogen-bond donors (Lipinski definition) is 1. The molecular weight excluding hydrogens is 342 g/mol. The molecule has 7 heteroatoms. The molecule has 27 heavy (non-hydrogen) atoms. The van der Waals surface area contributed by atoms with Crippen LogP contribution in [-0.2, 0) is 13.1 Å². The number of hydrogen-bond acceptors (Lipinski definition) is 5. The summed E-state index contributed by atoms with van der Waals surface area (Å²) in [5.74, 6) is 0.650. The Kier molecular flexibility index (Phi) is 5.77. The van der Waals surface area contributed by atoms with E-state index in [4.69, 9.17) is 5.26 Å². The summed E-state index contributed by atoms with van der Waals surface area (Å²) in [7, 11) is 1.93. The van der Waals surface area contributed by atoms with Crippen molar-refractivity contribution in [3.8, 4) is 6.07 Å². The molecule has 0 aliphatic carbocycles. The largest absolute Gasteiger partial charge is 0.356 e. The molecule has 0 amide bonds. The molecule has 1 fully saturated rings. The molecule has 0 radical (unpaired) electrons. The Balaban J connectivity index is 2.08. The maximum atomic E-state index is 13.0. The average molecular weight is 367 g/mol. The fourth-order valence-corrected chi connectivity index (χ4v) is 3.65. The molecule has 3 rings (SSSR count). The number of nitriles is 1. The van der Waals surface area contributed by atoms with E-state index in [-0.39, 0.29) is 11.2 Å². The second-order valence-electron chi connectivity index (χ2n) is 6.84. The van der Waals surface area contributed by atoms with Gasteiger partial charge in [0.05, 0.1) is 18.2 Å². The lowest BCUT2D eigenvalue weighted by molar-refractivity contribution is 0.440. The number of anilines is 1. The summed E-state index contributed by atoms with van der Waals surface area (Å²) in [5, 5.41) is 12.4. The Hall–Kier alpha value is -2.85. The van der Waals surface area contributed by atoms with Crippen molar-refractivity contribution in [3.63, 3.8) is 0 Å². The zero-order valence-electron chi connectivity index (χ0n) is 15.8. The van der Waals surface area contributed by atoms with Gasteiger partial charge in [0.25, 0.3) is 5.56 Å². The Morgan fingerprint density at radius 3 is 2.78 bits per heavy atom. The number of nitrogens with one attached hydrogen (secondary N) is 1. The van der Waals surface area contributed by atoms with Gasteiger partial charge in [-0.25, -0.2) is 4.79 Å². The van der Waals surface area contributed by atoms with Crippen molar-refractivity contribution in [1.82, 2.24) is 14.5 Å². The summed E-state index contributed by atoms with van der Waals surface area (Å²) >= 11 is 0. The number of rotatable bonds is 5. The Morgan fingerprint density at radius 1 is 1.26 bits per heavy atom. The van der Waals surface area contributed by atoms with Crippen molar-refractivity contribution in [1.29, 1.82) is 5.26 Å². The van der Waals surface area contributed by atoms with Crippen molar-refractivity contribution in [2.75, 3.05) is 25.0 Å². The standard InChI is InChI=1S/C20H25N5O2/c1-3-24-19(26)11-18(23-9-5-8-17(14-23)22-2)25(20(24)27)13-16-7-4-6-15(10-16)12-21/h4,6-7,10-11,17,22H,3,5,8-9,13-14H2,1-2H3/t17-/m1/s1.